The van der Waals surface area contributed by atoms with Crippen molar-refractivity contribution >= 4 is 12.1 Å². The summed E-state index contributed by atoms with van der Waals surface area (Å²) in [6.07, 6.45) is -1.06. The van der Waals surface area contributed by atoms with Crippen molar-refractivity contribution in [1.29, 1.82) is 0 Å². The molecule has 2 N–H and O–H groups in total. The quantitative estimate of drug-likeness (QED) is 0.847. The van der Waals surface area contributed by atoms with Crippen LogP contribution in [0.1, 0.15) is 5.56 Å². The van der Waals surface area contributed by atoms with E-state index < -0.39 is 18.8 Å². The molecule has 0 fully saturated rings. The number of amides is 2. The number of nitrogens with one attached hydrogen (secondary N) is 1. The standard InChI is InChI=1S/C14H17F3N2O2/c15-14(16,17)11-18-13(21)19(9-10-20)8-4-7-12-5-2-1-3-6-12/h1-7,20H,8-11H2,(H,18,21)/b7-4+. The molecule has 0 aliphatic carbocycles. The summed E-state index contributed by atoms with van der Waals surface area (Å²) in [6.45, 7) is -1.64. The van der Waals surface area contributed by atoms with Gasteiger partial charge in [0.2, 0.25) is 0 Å². The number of carbonyl (C=O) groups excluding carboxylic acids is 1. The van der Waals surface area contributed by atoms with Gasteiger partial charge in [0.1, 0.15) is 6.54 Å². The Bertz CT molecular complexity index is 461. The van der Waals surface area contributed by atoms with Crippen LogP contribution in [0.15, 0.2) is 36.4 Å². The minimum atomic E-state index is -4.46. The van der Waals surface area contributed by atoms with Gasteiger partial charge in [-0.05, 0) is 5.56 Å². The lowest BCUT2D eigenvalue weighted by atomic mass is 10.2. The second-order valence-corrected chi connectivity index (χ2v) is 4.26. The van der Waals surface area contributed by atoms with Crippen LogP contribution >= 0.6 is 0 Å². The van der Waals surface area contributed by atoms with Crippen molar-refractivity contribution in [1.82, 2.24) is 10.2 Å². The zero-order chi connectivity index (χ0) is 15.7. The van der Waals surface area contributed by atoms with E-state index in [1.54, 1.807) is 17.5 Å². The SMILES string of the molecule is O=C(NCC(F)(F)F)N(C/C=C/c1ccccc1)CCO. The first-order valence-corrected chi connectivity index (χ1v) is 6.34. The number of urea groups is 1. The van der Waals surface area contributed by atoms with Gasteiger partial charge in [0, 0.05) is 13.1 Å². The van der Waals surface area contributed by atoms with Crippen LogP contribution in [-0.2, 0) is 0 Å². The molecule has 1 aromatic rings. The number of rotatable bonds is 6. The molecule has 0 radical (unpaired) electrons. The number of hydrogen-bond acceptors (Lipinski definition) is 2. The molecule has 7 heteroatoms. The third kappa shape index (κ3) is 7.36. The molecule has 0 spiro atoms. The molecule has 0 saturated heterocycles. The molecule has 0 bridgehead atoms. The van der Waals surface area contributed by atoms with Crippen LogP contribution in [-0.4, -0.2) is 48.5 Å². The van der Waals surface area contributed by atoms with Gasteiger partial charge in [0.15, 0.2) is 0 Å². The zero-order valence-corrected chi connectivity index (χ0v) is 11.3. The Hall–Kier alpha value is -2.02. The molecule has 0 unspecified atom stereocenters. The van der Waals surface area contributed by atoms with E-state index in [2.05, 4.69) is 0 Å². The molecule has 0 aliphatic heterocycles. The van der Waals surface area contributed by atoms with Crippen LogP contribution in [0.25, 0.3) is 6.08 Å². The van der Waals surface area contributed by atoms with Crippen LogP contribution in [0.4, 0.5) is 18.0 Å². The van der Waals surface area contributed by atoms with Crippen molar-refractivity contribution in [3.8, 4) is 0 Å². The van der Waals surface area contributed by atoms with Crippen LogP contribution in [0.5, 0.6) is 0 Å². The molecule has 2 amide bonds. The van der Waals surface area contributed by atoms with Gasteiger partial charge in [-0.25, -0.2) is 4.79 Å². The highest BCUT2D eigenvalue weighted by Crippen LogP contribution is 2.12. The zero-order valence-electron chi connectivity index (χ0n) is 11.3. The fourth-order valence-corrected chi connectivity index (χ4v) is 1.56. The van der Waals surface area contributed by atoms with E-state index >= 15 is 0 Å². The predicted octanol–water partition coefficient (Wildman–Crippen LogP) is 2.27. The maximum atomic E-state index is 12.0. The molecule has 0 aromatic heterocycles. The van der Waals surface area contributed by atoms with Gasteiger partial charge >= 0.3 is 12.2 Å². The van der Waals surface area contributed by atoms with E-state index in [0.717, 1.165) is 10.5 Å². The highest BCUT2D eigenvalue weighted by Gasteiger charge is 2.28. The number of halogens is 3. The number of benzene rings is 1. The molecule has 1 aromatic carbocycles. The fraction of sp³-hybridized carbons (Fsp3) is 0.357. The highest BCUT2D eigenvalue weighted by molar-refractivity contribution is 5.74. The minimum absolute atomic E-state index is 0.0389. The molecule has 21 heavy (non-hydrogen) atoms. The van der Waals surface area contributed by atoms with Crippen LogP contribution < -0.4 is 5.32 Å². The van der Waals surface area contributed by atoms with Crippen LogP contribution in [0.3, 0.4) is 0 Å². The average molecular weight is 302 g/mol. The number of aliphatic hydroxyl groups is 1. The Morgan fingerprint density at radius 3 is 2.52 bits per heavy atom. The maximum Gasteiger partial charge on any atom is 0.405 e. The summed E-state index contributed by atoms with van der Waals surface area (Å²) in [5.74, 6) is 0. The summed E-state index contributed by atoms with van der Waals surface area (Å²) in [4.78, 5) is 12.7. The van der Waals surface area contributed by atoms with Gasteiger partial charge in [-0.3, -0.25) is 0 Å². The highest BCUT2D eigenvalue weighted by atomic mass is 19.4. The largest absolute Gasteiger partial charge is 0.405 e. The summed E-state index contributed by atoms with van der Waals surface area (Å²) in [6, 6.07) is 8.41. The van der Waals surface area contributed by atoms with Crippen molar-refractivity contribution in [2.24, 2.45) is 0 Å². The van der Waals surface area contributed by atoms with Crippen molar-refractivity contribution in [2.45, 2.75) is 6.18 Å². The Labute approximate surface area is 120 Å². The molecule has 116 valence electrons. The van der Waals surface area contributed by atoms with Gasteiger partial charge in [-0.1, -0.05) is 42.5 Å². The first-order chi connectivity index (χ1) is 9.92. The lowest BCUT2D eigenvalue weighted by molar-refractivity contribution is -0.123. The van der Waals surface area contributed by atoms with Gasteiger partial charge in [-0.2, -0.15) is 13.2 Å². The summed E-state index contributed by atoms with van der Waals surface area (Å²) in [5.41, 5.74) is 0.914. The first kappa shape index (κ1) is 17.0. The maximum absolute atomic E-state index is 12.0. The summed E-state index contributed by atoms with van der Waals surface area (Å²) >= 11 is 0. The third-order valence-corrected chi connectivity index (χ3v) is 2.53. The number of hydrogen-bond donors (Lipinski definition) is 2. The van der Waals surface area contributed by atoms with Gasteiger partial charge in [0.25, 0.3) is 0 Å². The number of alkyl halides is 3. The topological polar surface area (TPSA) is 52.6 Å². The van der Waals surface area contributed by atoms with Crippen molar-refractivity contribution < 1.29 is 23.1 Å². The summed E-state index contributed by atoms with van der Waals surface area (Å²) in [7, 11) is 0. The molecular weight excluding hydrogens is 285 g/mol. The third-order valence-electron chi connectivity index (χ3n) is 2.53. The van der Waals surface area contributed by atoms with Gasteiger partial charge in [-0.15, -0.1) is 0 Å². The van der Waals surface area contributed by atoms with Crippen molar-refractivity contribution in [2.75, 3.05) is 26.2 Å². The molecular formula is C14H17F3N2O2. The molecule has 0 aliphatic rings. The molecule has 0 heterocycles. The molecule has 1 rings (SSSR count). The summed E-state index contributed by atoms with van der Waals surface area (Å²) in [5, 5.41) is 10.6. The fourth-order valence-electron chi connectivity index (χ4n) is 1.56. The van der Waals surface area contributed by atoms with Crippen LogP contribution in [0.2, 0.25) is 0 Å². The Kier molecular flexibility index (Phi) is 6.74. The molecule has 0 saturated carbocycles. The van der Waals surface area contributed by atoms with Crippen LogP contribution in [0, 0.1) is 0 Å². The van der Waals surface area contributed by atoms with E-state index in [9.17, 15) is 18.0 Å². The lowest BCUT2D eigenvalue weighted by Gasteiger charge is -2.21. The number of nitrogens with zero attached hydrogens (tertiary/aromatic N) is 1. The summed E-state index contributed by atoms with van der Waals surface area (Å²) < 4.78 is 36.1. The minimum Gasteiger partial charge on any atom is -0.395 e. The monoisotopic (exact) mass is 302 g/mol. The second kappa shape index (κ2) is 8.31. The van der Waals surface area contributed by atoms with E-state index in [4.69, 9.17) is 5.11 Å². The Balaban J connectivity index is 2.53. The van der Waals surface area contributed by atoms with E-state index in [1.165, 1.54) is 0 Å². The second-order valence-electron chi connectivity index (χ2n) is 4.26. The van der Waals surface area contributed by atoms with Crippen molar-refractivity contribution in [3.63, 3.8) is 0 Å². The molecule has 0 atom stereocenters. The van der Waals surface area contributed by atoms with E-state index in [0.29, 0.717) is 0 Å². The van der Waals surface area contributed by atoms with Gasteiger partial charge < -0.3 is 15.3 Å². The average Bonchev–Trinajstić information content (AvgIpc) is 2.44. The van der Waals surface area contributed by atoms with E-state index in [1.807, 2.05) is 30.3 Å². The first-order valence-electron chi connectivity index (χ1n) is 6.34. The Morgan fingerprint density at radius 2 is 1.95 bits per heavy atom. The van der Waals surface area contributed by atoms with Gasteiger partial charge in [0.05, 0.1) is 6.61 Å². The Morgan fingerprint density at radius 1 is 1.29 bits per heavy atom. The van der Waals surface area contributed by atoms with Crippen molar-refractivity contribution in [3.05, 3.63) is 42.0 Å². The predicted molar refractivity (Wildman–Crippen MR) is 73.6 cm³/mol. The number of aliphatic hydroxyl groups excluding tert-OH is 1. The van der Waals surface area contributed by atoms with E-state index in [-0.39, 0.29) is 19.7 Å². The molecule has 4 nitrogen and oxygen atoms in total. The number of carbonyl (C=O) groups is 1. The lowest BCUT2D eigenvalue weighted by Crippen LogP contribution is -2.44. The normalized spacial score (nSPS) is 11.6. The smallest absolute Gasteiger partial charge is 0.395 e.